The largest absolute Gasteiger partial charge is 0.338 e. The van der Waals surface area contributed by atoms with Gasteiger partial charge in [-0.05, 0) is 12.3 Å². The Labute approximate surface area is 103 Å². The highest BCUT2D eigenvalue weighted by atomic mass is 35.5. The third-order valence-electron chi connectivity index (χ3n) is 2.64. The van der Waals surface area contributed by atoms with Crippen LogP contribution in [0.2, 0.25) is 0 Å². The Bertz CT molecular complexity index is 296. The van der Waals surface area contributed by atoms with Gasteiger partial charge in [-0.2, -0.15) is 0 Å². The van der Waals surface area contributed by atoms with Crippen molar-refractivity contribution in [3.05, 3.63) is 18.2 Å². The lowest BCUT2D eigenvalue weighted by atomic mass is 10.1. The Morgan fingerprint density at radius 1 is 1.50 bits per heavy atom. The van der Waals surface area contributed by atoms with Crippen molar-refractivity contribution in [3.63, 3.8) is 0 Å². The molecule has 0 aromatic carbocycles. The molecule has 3 nitrogen and oxygen atoms in total. The van der Waals surface area contributed by atoms with E-state index in [0.717, 1.165) is 25.2 Å². The van der Waals surface area contributed by atoms with E-state index < -0.39 is 0 Å². The van der Waals surface area contributed by atoms with Gasteiger partial charge in [-0.25, -0.2) is 4.98 Å². The second kappa shape index (κ2) is 6.92. The van der Waals surface area contributed by atoms with Gasteiger partial charge < -0.3 is 9.88 Å². The van der Waals surface area contributed by atoms with Gasteiger partial charge in [-0.1, -0.05) is 13.8 Å². The lowest BCUT2D eigenvalue weighted by Gasteiger charge is -2.17. The van der Waals surface area contributed by atoms with E-state index in [2.05, 4.69) is 28.7 Å². The van der Waals surface area contributed by atoms with Crippen LogP contribution in [0.4, 0.5) is 0 Å². The van der Waals surface area contributed by atoms with Crippen LogP contribution in [0.25, 0.3) is 0 Å². The van der Waals surface area contributed by atoms with Gasteiger partial charge in [0, 0.05) is 44.3 Å². The normalized spacial score (nSPS) is 13.3. The van der Waals surface area contributed by atoms with Crippen molar-refractivity contribution in [1.29, 1.82) is 0 Å². The molecular weight excluding hydrogens is 222 g/mol. The molecule has 0 spiro atoms. The van der Waals surface area contributed by atoms with E-state index in [9.17, 15) is 0 Å². The summed E-state index contributed by atoms with van der Waals surface area (Å²) in [6.07, 6.45) is 5.89. The fourth-order valence-corrected chi connectivity index (χ4v) is 2.03. The molecule has 0 aliphatic carbocycles. The molecule has 16 heavy (non-hydrogen) atoms. The lowest BCUT2D eigenvalue weighted by molar-refractivity contribution is 0.445. The topological polar surface area (TPSA) is 29.9 Å². The number of hydrogen-bond donors (Lipinski definition) is 1. The molecule has 0 bridgehead atoms. The van der Waals surface area contributed by atoms with Crippen LogP contribution in [0.1, 0.15) is 26.1 Å². The molecule has 0 amide bonds. The van der Waals surface area contributed by atoms with Crippen molar-refractivity contribution in [3.8, 4) is 0 Å². The van der Waals surface area contributed by atoms with Gasteiger partial charge in [0.25, 0.3) is 0 Å². The Balaban J connectivity index is 2.26. The Hall–Kier alpha value is -0.540. The highest BCUT2D eigenvalue weighted by Gasteiger charge is 2.09. The fourth-order valence-electron chi connectivity index (χ4n) is 1.80. The maximum absolute atomic E-state index is 5.92. The van der Waals surface area contributed by atoms with Gasteiger partial charge in [0.05, 0.1) is 0 Å². The summed E-state index contributed by atoms with van der Waals surface area (Å²) in [6, 6.07) is 0.418. The van der Waals surface area contributed by atoms with E-state index in [1.807, 2.05) is 19.4 Å². The SMILES string of the molecule is CC(C)CC(CCl)NCCc1nccn1C. The maximum Gasteiger partial charge on any atom is 0.109 e. The number of aromatic nitrogens is 2. The summed E-state index contributed by atoms with van der Waals surface area (Å²) in [5, 5.41) is 3.48. The molecule has 92 valence electrons. The summed E-state index contributed by atoms with van der Waals surface area (Å²) in [5.74, 6) is 2.48. The van der Waals surface area contributed by atoms with Gasteiger partial charge in [0.15, 0.2) is 0 Å². The predicted octanol–water partition coefficient (Wildman–Crippen LogP) is 2.21. The summed E-state index contributed by atoms with van der Waals surface area (Å²) >= 11 is 5.92. The third kappa shape index (κ3) is 4.54. The van der Waals surface area contributed by atoms with Crippen LogP contribution in [0, 0.1) is 5.92 Å². The molecule has 4 heteroatoms. The average Bonchev–Trinajstić information content (AvgIpc) is 2.62. The van der Waals surface area contributed by atoms with Crippen LogP contribution in [0.5, 0.6) is 0 Å². The van der Waals surface area contributed by atoms with Crippen LogP contribution in [-0.4, -0.2) is 28.0 Å². The number of alkyl halides is 1. The first-order valence-electron chi connectivity index (χ1n) is 5.89. The molecule has 0 aliphatic heterocycles. The number of imidazole rings is 1. The number of hydrogen-bond acceptors (Lipinski definition) is 2. The molecule has 1 unspecified atom stereocenters. The Morgan fingerprint density at radius 2 is 2.25 bits per heavy atom. The molecule has 0 radical (unpaired) electrons. The lowest BCUT2D eigenvalue weighted by Crippen LogP contribution is -2.33. The van der Waals surface area contributed by atoms with Crippen molar-refractivity contribution in [2.24, 2.45) is 13.0 Å². The predicted molar refractivity (Wildman–Crippen MR) is 68.9 cm³/mol. The van der Waals surface area contributed by atoms with Crippen molar-refractivity contribution in [1.82, 2.24) is 14.9 Å². The van der Waals surface area contributed by atoms with E-state index >= 15 is 0 Å². The van der Waals surface area contributed by atoms with E-state index in [4.69, 9.17) is 11.6 Å². The van der Waals surface area contributed by atoms with Crippen molar-refractivity contribution in [2.75, 3.05) is 12.4 Å². The van der Waals surface area contributed by atoms with Crippen LogP contribution in [-0.2, 0) is 13.5 Å². The highest BCUT2D eigenvalue weighted by Crippen LogP contribution is 2.06. The molecule has 0 saturated heterocycles. The number of nitrogens with zero attached hydrogens (tertiary/aromatic N) is 2. The zero-order valence-corrected chi connectivity index (χ0v) is 11.2. The van der Waals surface area contributed by atoms with Crippen LogP contribution < -0.4 is 5.32 Å². The van der Waals surface area contributed by atoms with Gasteiger partial charge in [0.2, 0.25) is 0 Å². The number of nitrogens with one attached hydrogen (secondary N) is 1. The molecule has 1 aromatic rings. The van der Waals surface area contributed by atoms with E-state index in [0.29, 0.717) is 17.8 Å². The minimum absolute atomic E-state index is 0.418. The van der Waals surface area contributed by atoms with Crippen molar-refractivity contribution in [2.45, 2.75) is 32.7 Å². The Kier molecular flexibility index (Phi) is 5.85. The Morgan fingerprint density at radius 3 is 2.75 bits per heavy atom. The minimum Gasteiger partial charge on any atom is -0.338 e. The van der Waals surface area contributed by atoms with Gasteiger partial charge in [-0.15, -0.1) is 11.6 Å². The van der Waals surface area contributed by atoms with E-state index in [1.165, 1.54) is 0 Å². The van der Waals surface area contributed by atoms with Gasteiger partial charge in [-0.3, -0.25) is 0 Å². The first-order chi connectivity index (χ1) is 7.63. The number of halogens is 1. The zero-order valence-electron chi connectivity index (χ0n) is 10.4. The summed E-state index contributed by atoms with van der Waals surface area (Å²) in [4.78, 5) is 4.29. The molecule has 1 rings (SSSR count). The number of rotatable bonds is 7. The molecular formula is C12H22ClN3. The smallest absolute Gasteiger partial charge is 0.109 e. The number of aryl methyl sites for hydroxylation is 1. The van der Waals surface area contributed by atoms with Crippen LogP contribution in [0.15, 0.2) is 12.4 Å². The molecule has 1 N–H and O–H groups in total. The van der Waals surface area contributed by atoms with Crippen molar-refractivity contribution >= 4 is 11.6 Å². The molecule has 1 heterocycles. The van der Waals surface area contributed by atoms with Crippen LogP contribution in [0.3, 0.4) is 0 Å². The maximum atomic E-state index is 5.92. The molecule has 0 saturated carbocycles. The van der Waals surface area contributed by atoms with Gasteiger partial charge >= 0.3 is 0 Å². The zero-order chi connectivity index (χ0) is 12.0. The quantitative estimate of drug-likeness (QED) is 0.745. The van der Waals surface area contributed by atoms with Gasteiger partial charge in [0.1, 0.15) is 5.82 Å². The van der Waals surface area contributed by atoms with E-state index in [1.54, 1.807) is 0 Å². The second-order valence-corrected chi connectivity index (χ2v) is 4.95. The molecule has 1 aromatic heterocycles. The summed E-state index contributed by atoms with van der Waals surface area (Å²) in [5.41, 5.74) is 0. The summed E-state index contributed by atoms with van der Waals surface area (Å²) in [6.45, 7) is 5.38. The first kappa shape index (κ1) is 13.5. The molecule has 0 aliphatic rings. The summed E-state index contributed by atoms with van der Waals surface area (Å²) in [7, 11) is 2.02. The standard InChI is InChI=1S/C12H22ClN3/c1-10(2)8-11(9-13)14-5-4-12-15-6-7-16(12)3/h6-7,10-11,14H,4-5,8-9H2,1-3H3. The van der Waals surface area contributed by atoms with E-state index in [-0.39, 0.29) is 0 Å². The highest BCUT2D eigenvalue weighted by molar-refractivity contribution is 6.18. The fraction of sp³-hybridized carbons (Fsp3) is 0.750. The third-order valence-corrected chi connectivity index (χ3v) is 3.02. The summed E-state index contributed by atoms with van der Waals surface area (Å²) < 4.78 is 2.06. The monoisotopic (exact) mass is 243 g/mol. The van der Waals surface area contributed by atoms with Crippen LogP contribution >= 0.6 is 11.6 Å². The van der Waals surface area contributed by atoms with Crippen molar-refractivity contribution < 1.29 is 0 Å². The minimum atomic E-state index is 0.418. The molecule has 1 atom stereocenters. The molecule has 0 fully saturated rings. The second-order valence-electron chi connectivity index (χ2n) is 4.64. The average molecular weight is 244 g/mol. The first-order valence-corrected chi connectivity index (χ1v) is 6.42.